The highest BCUT2D eigenvalue weighted by atomic mass is 32.1. The number of halogens is 1. The summed E-state index contributed by atoms with van der Waals surface area (Å²) in [5.41, 5.74) is 3.51. The van der Waals surface area contributed by atoms with Gasteiger partial charge in [0.25, 0.3) is 0 Å². The van der Waals surface area contributed by atoms with Gasteiger partial charge in [0.05, 0.1) is 11.2 Å². The Morgan fingerprint density at radius 3 is 3.00 bits per heavy atom. The molecule has 0 unspecified atom stereocenters. The molecule has 1 aromatic heterocycles. The van der Waals surface area contributed by atoms with Gasteiger partial charge in [-0.3, -0.25) is 0 Å². The smallest absolute Gasteiger partial charge is 0.165 e. The fraction of sp³-hybridized carbons (Fsp3) is 0.357. The summed E-state index contributed by atoms with van der Waals surface area (Å²) in [6.45, 7) is 1.02. The zero-order valence-corrected chi connectivity index (χ0v) is 11.3. The van der Waals surface area contributed by atoms with Crippen molar-refractivity contribution in [3.63, 3.8) is 0 Å². The van der Waals surface area contributed by atoms with Gasteiger partial charge in [-0.2, -0.15) is 0 Å². The van der Waals surface area contributed by atoms with Gasteiger partial charge in [-0.1, -0.05) is 6.07 Å². The average Bonchev–Trinajstić information content (AvgIpc) is 3.10. The highest BCUT2D eigenvalue weighted by molar-refractivity contribution is 7.07. The van der Waals surface area contributed by atoms with E-state index in [9.17, 15) is 4.39 Å². The van der Waals surface area contributed by atoms with Gasteiger partial charge in [-0.05, 0) is 30.5 Å². The lowest BCUT2D eigenvalue weighted by molar-refractivity contribution is 0.286. The van der Waals surface area contributed by atoms with Crippen molar-refractivity contribution in [2.24, 2.45) is 0 Å². The lowest BCUT2D eigenvalue weighted by atomic mass is 10.2. The van der Waals surface area contributed by atoms with Gasteiger partial charge in [0.15, 0.2) is 11.6 Å². The second-order valence-corrected chi connectivity index (χ2v) is 5.41. The molecule has 1 N–H and O–H groups in total. The molecule has 2 aromatic rings. The normalized spacial score (nSPS) is 14.6. The highest BCUT2D eigenvalue weighted by Gasteiger charge is 2.20. The van der Waals surface area contributed by atoms with Crippen molar-refractivity contribution < 1.29 is 9.13 Å². The number of thiazole rings is 1. The second-order valence-electron chi connectivity index (χ2n) is 4.69. The van der Waals surface area contributed by atoms with E-state index in [0.717, 1.165) is 11.3 Å². The predicted molar refractivity (Wildman–Crippen MR) is 72.7 cm³/mol. The van der Waals surface area contributed by atoms with Crippen LogP contribution in [0.2, 0.25) is 0 Å². The minimum absolute atomic E-state index is 0.281. The van der Waals surface area contributed by atoms with E-state index in [-0.39, 0.29) is 11.6 Å². The molecule has 1 fully saturated rings. The monoisotopic (exact) mass is 278 g/mol. The molecule has 1 aliphatic carbocycles. The molecule has 3 rings (SSSR count). The summed E-state index contributed by atoms with van der Waals surface area (Å²) < 4.78 is 19.3. The molecular weight excluding hydrogens is 263 g/mol. The predicted octanol–water partition coefficient (Wildman–Crippen LogP) is 3.11. The van der Waals surface area contributed by atoms with Crippen LogP contribution in [-0.2, 0) is 13.2 Å². The first-order chi connectivity index (χ1) is 9.31. The SMILES string of the molecule is Fc1cc(CNC2CC2)ccc1OCc1cscn1. The molecule has 100 valence electrons. The van der Waals surface area contributed by atoms with Gasteiger partial charge in [0, 0.05) is 18.0 Å². The third-order valence-corrected chi connectivity index (χ3v) is 3.66. The van der Waals surface area contributed by atoms with Crippen LogP contribution in [0.25, 0.3) is 0 Å². The molecule has 0 spiro atoms. The van der Waals surface area contributed by atoms with Crippen LogP contribution in [0.1, 0.15) is 24.1 Å². The number of ether oxygens (including phenoxy) is 1. The number of rotatable bonds is 6. The van der Waals surface area contributed by atoms with Crippen LogP contribution in [-0.4, -0.2) is 11.0 Å². The van der Waals surface area contributed by atoms with Crippen molar-refractivity contribution in [3.8, 4) is 5.75 Å². The maximum Gasteiger partial charge on any atom is 0.165 e. The highest BCUT2D eigenvalue weighted by Crippen LogP contribution is 2.22. The van der Waals surface area contributed by atoms with Gasteiger partial charge in [0.1, 0.15) is 6.61 Å². The van der Waals surface area contributed by atoms with Crippen molar-refractivity contribution in [2.75, 3.05) is 0 Å². The van der Waals surface area contributed by atoms with Crippen molar-refractivity contribution in [1.29, 1.82) is 0 Å². The van der Waals surface area contributed by atoms with Crippen LogP contribution in [0.5, 0.6) is 5.75 Å². The Balaban J connectivity index is 1.58. The van der Waals surface area contributed by atoms with E-state index in [1.165, 1.54) is 30.2 Å². The maximum absolute atomic E-state index is 13.8. The van der Waals surface area contributed by atoms with Gasteiger partial charge in [-0.25, -0.2) is 9.37 Å². The van der Waals surface area contributed by atoms with E-state index < -0.39 is 0 Å². The topological polar surface area (TPSA) is 34.1 Å². The Labute approximate surface area is 115 Å². The quantitative estimate of drug-likeness (QED) is 0.881. The molecule has 0 radical (unpaired) electrons. The lowest BCUT2D eigenvalue weighted by Crippen LogP contribution is -2.15. The molecule has 3 nitrogen and oxygen atoms in total. The molecule has 1 heterocycles. The van der Waals surface area contributed by atoms with Crippen LogP contribution in [0, 0.1) is 5.82 Å². The van der Waals surface area contributed by atoms with Gasteiger partial charge in [0.2, 0.25) is 0 Å². The zero-order valence-electron chi connectivity index (χ0n) is 10.4. The van der Waals surface area contributed by atoms with Crippen molar-refractivity contribution in [1.82, 2.24) is 10.3 Å². The number of benzene rings is 1. The number of nitrogens with zero attached hydrogens (tertiary/aromatic N) is 1. The molecule has 0 bridgehead atoms. The van der Waals surface area contributed by atoms with Crippen LogP contribution in [0.3, 0.4) is 0 Å². The number of hydrogen-bond donors (Lipinski definition) is 1. The molecule has 1 aromatic carbocycles. The summed E-state index contributed by atoms with van der Waals surface area (Å²) in [6.07, 6.45) is 2.47. The third kappa shape index (κ3) is 3.52. The number of aromatic nitrogens is 1. The zero-order chi connectivity index (χ0) is 13.1. The molecule has 0 amide bonds. The third-order valence-electron chi connectivity index (χ3n) is 3.03. The van der Waals surface area contributed by atoms with Crippen LogP contribution >= 0.6 is 11.3 Å². The Hall–Kier alpha value is -1.46. The largest absolute Gasteiger partial charge is 0.484 e. The first-order valence-electron chi connectivity index (χ1n) is 6.33. The van der Waals surface area contributed by atoms with Crippen molar-refractivity contribution >= 4 is 11.3 Å². The molecule has 5 heteroatoms. The molecule has 19 heavy (non-hydrogen) atoms. The van der Waals surface area contributed by atoms with Crippen LogP contribution in [0.4, 0.5) is 4.39 Å². The number of hydrogen-bond acceptors (Lipinski definition) is 4. The summed E-state index contributed by atoms with van der Waals surface area (Å²) in [7, 11) is 0. The van der Waals surface area contributed by atoms with Crippen LogP contribution < -0.4 is 10.1 Å². The summed E-state index contributed by atoms with van der Waals surface area (Å²) in [5, 5.41) is 5.25. The molecule has 1 aliphatic rings. The molecular formula is C14H15FN2OS. The minimum Gasteiger partial charge on any atom is -0.484 e. The Morgan fingerprint density at radius 2 is 2.32 bits per heavy atom. The van der Waals surface area contributed by atoms with E-state index in [0.29, 0.717) is 19.2 Å². The van der Waals surface area contributed by atoms with Crippen molar-refractivity contribution in [2.45, 2.75) is 32.0 Å². The fourth-order valence-electron chi connectivity index (χ4n) is 1.78. The second kappa shape index (κ2) is 5.67. The van der Waals surface area contributed by atoms with E-state index in [1.54, 1.807) is 11.6 Å². The standard InChI is InChI=1S/C14H15FN2OS/c15-13-5-10(6-16-11-2-3-11)1-4-14(13)18-7-12-8-19-9-17-12/h1,4-5,8-9,11,16H,2-3,6-7H2. The van der Waals surface area contributed by atoms with E-state index in [2.05, 4.69) is 10.3 Å². The van der Waals surface area contributed by atoms with E-state index in [4.69, 9.17) is 4.74 Å². The fourth-order valence-corrected chi connectivity index (χ4v) is 2.32. The molecule has 1 saturated carbocycles. The first-order valence-corrected chi connectivity index (χ1v) is 7.27. The summed E-state index contributed by atoms with van der Waals surface area (Å²) in [6, 6.07) is 5.75. The Morgan fingerprint density at radius 1 is 1.42 bits per heavy atom. The summed E-state index contributed by atoms with van der Waals surface area (Å²) in [4.78, 5) is 4.10. The maximum atomic E-state index is 13.8. The minimum atomic E-state index is -0.315. The van der Waals surface area contributed by atoms with E-state index in [1.807, 2.05) is 11.4 Å². The summed E-state index contributed by atoms with van der Waals surface area (Å²) >= 11 is 1.50. The Kier molecular flexibility index (Phi) is 3.75. The van der Waals surface area contributed by atoms with Gasteiger partial charge < -0.3 is 10.1 Å². The summed E-state index contributed by atoms with van der Waals surface area (Å²) in [5.74, 6) is -0.0338. The molecule has 0 aliphatic heterocycles. The lowest BCUT2D eigenvalue weighted by Gasteiger charge is -2.08. The van der Waals surface area contributed by atoms with E-state index >= 15 is 0 Å². The van der Waals surface area contributed by atoms with Gasteiger partial charge >= 0.3 is 0 Å². The average molecular weight is 278 g/mol. The number of nitrogens with one attached hydrogen (secondary N) is 1. The van der Waals surface area contributed by atoms with Crippen LogP contribution in [0.15, 0.2) is 29.1 Å². The van der Waals surface area contributed by atoms with Gasteiger partial charge in [-0.15, -0.1) is 11.3 Å². The van der Waals surface area contributed by atoms with Crippen molar-refractivity contribution in [3.05, 3.63) is 46.2 Å². The first kappa shape index (κ1) is 12.6. The molecule has 0 atom stereocenters. The molecule has 0 saturated heterocycles. The Bertz CT molecular complexity index is 540.